The first-order valence-corrected chi connectivity index (χ1v) is 13.3. The predicted molar refractivity (Wildman–Crippen MR) is 140 cm³/mol. The van der Waals surface area contributed by atoms with Crippen molar-refractivity contribution in [2.75, 3.05) is 13.2 Å². The van der Waals surface area contributed by atoms with Crippen molar-refractivity contribution in [3.05, 3.63) is 54.1 Å². The molecule has 188 valence electrons. The van der Waals surface area contributed by atoms with Gasteiger partial charge in [-0.3, -0.25) is 0 Å². The van der Waals surface area contributed by atoms with E-state index in [0.717, 1.165) is 30.3 Å². The van der Waals surface area contributed by atoms with Crippen molar-refractivity contribution >= 4 is 5.97 Å². The van der Waals surface area contributed by atoms with Crippen LogP contribution in [0.2, 0.25) is 0 Å². The molecule has 2 aromatic carbocycles. The van der Waals surface area contributed by atoms with E-state index in [1.807, 2.05) is 24.3 Å². The van der Waals surface area contributed by atoms with E-state index in [1.54, 1.807) is 24.3 Å². The summed E-state index contributed by atoms with van der Waals surface area (Å²) in [4.78, 5) is 12.4. The van der Waals surface area contributed by atoms with Crippen LogP contribution in [0.4, 0.5) is 0 Å². The van der Waals surface area contributed by atoms with E-state index in [-0.39, 0.29) is 5.97 Å². The number of carbonyl (C=O) groups is 1. The average molecular weight is 469 g/mol. The molecule has 0 bridgehead atoms. The Bertz CT molecular complexity index is 782. The van der Waals surface area contributed by atoms with E-state index in [2.05, 4.69) is 20.8 Å². The van der Waals surface area contributed by atoms with Gasteiger partial charge in [0.25, 0.3) is 0 Å². The van der Waals surface area contributed by atoms with Crippen LogP contribution in [0, 0.1) is 5.92 Å². The third kappa shape index (κ3) is 11.6. The first-order valence-electron chi connectivity index (χ1n) is 13.3. The highest BCUT2D eigenvalue weighted by atomic mass is 16.5. The van der Waals surface area contributed by atoms with Crippen molar-refractivity contribution in [3.8, 4) is 17.2 Å². The first kappa shape index (κ1) is 27.8. The van der Waals surface area contributed by atoms with Crippen LogP contribution in [0.5, 0.6) is 17.2 Å². The van der Waals surface area contributed by atoms with E-state index in [1.165, 1.54) is 57.8 Å². The van der Waals surface area contributed by atoms with Gasteiger partial charge < -0.3 is 14.2 Å². The summed E-state index contributed by atoms with van der Waals surface area (Å²) in [7, 11) is 0. The number of hydrogen-bond acceptors (Lipinski definition) is 4. The van der Waals surface area contributed by atoms with Crippen LogP contribution < -0.4 is 14.2 Å². The van der Waals surface area contributed by atoms with Gasteiger partial charge in [0.05, 0.1) is 18.8 Å². The van der Waals surface area contributed by atoms with Crippen molar-refractivity contribution in [3.63, 3.8) is 0 Å². The second-order valence-corrected chi connectivity index (χ2v) is 9.21. The molecule has 0 saturated heterocycles. The second kappa shape index (κ2) is 17.0. The lowest BCUT2D eigenvalue weighted by Gasteiger charge is -2.10. The maximum atomic E-state index is 12.4. The monoisotopic (exact) mass is 468 g/mol. The summed E-state index contributed by atoms with van der Waals surface area (Å²) in [5.74, 6) is 2.45. The quantitative estimate of drug-likeness (QED) is 0.125. The highest BCUT2D eigenvalue weighted by molar-refractivity contribution is 5.91. The molecule has 0 amide bonds. The molecule has 0 radical (unpaired) electrons. The van der Waals surface area contributed by atoms with Gasteiger partial charge in [0, 0.05) is 0 Å². The molecule has 0 spiro atoms. The molecule has 0 saturated carbocycles. The molecule has 4 nitrogen and oxygen atoms in total. The number of rotatable bonds is 18. The van der Waals surface area contributed by atoms with Gasteiger partial charge in [0.1, 0.15) is 17.2 Å². The third-order valence-corrected chi connectivity index (χ3v) is 6.20. The van der Waals surface area contributed by atoms with Crippen molar-refractivity contribution < 1.29 is 19.0 Å². The first-order chi connectivity index (χ1) is 16.6. The summed E-state index contributed by atoms with van der Waals surface area (Å²) in [6.07, 6.45) is 13.7. The molecule has 34 heavy (non-hydrogen) atoms. The number of hydrogen-bond donors (Lipinski definition) is 0. The van der Waals surface area contributed by atoms with Crippen LogP contribution in [0.15, 0.2) is 48.5 Å². The molecule has 2 rings (SSSR count). The Kier molecular flexibility index (Phi) is 13.9. The van der Waals surface area contributed by atoms with Gasteiger partial charge in [0.2, 0.25) is 0 Å². The fourth-order valence-corrected chi connectivity index (χ4v) is 3.71. The molecule has 0 N–H and O–H groups in total. The molecule has 0 aliphatic heterocycles. The maximum Gasteiger partial charge on any atom is 0.343 e. The topological polar surface area (TPSA) is 44.8 Å². The van der Waals surface area contributed by atoms with Gasteiger partial charge in [-0.1, -0.05) is 72.1 Å². The summed E-state index contributed by atoms with van der Waals surface area (Å²) in [6, 6.07) is 14.4. The van der Waals surface area contributed by atoms with Crippen LogP contribution in [-0.2, 0) is 0 Å². The maximum absolute atomic E-state index is 12.4. The number of esters is 1. The highest BCUT2D eigenvalue weighted by Gasteiger charge is 2.09. The van der Waals surface area contributed by atoms with E-state index in [9.17, 15) is 4.79 Å². The molecular formula is C30H44O4. The molecule has 0 aromatic heterocycles. The number of benzene rings is 2. The summed E-state index contributed by atoms with van der Waals surface area (Å²) in [5, 5.41) is 0. The van der Waals surface area contributed by atoms with Crippen molar-refractivity contribution in [1.29, 1.82) is 0 Å². The van der Waals surface area contributed by atoms with E-state index < -0.39 is 0 Å². The van der Waals surface area contributed by atoms with Gasteiger partial charge in [-0.2, -0.15) is 0 Å². The van der Waals surface area contributed by atoms with Crippen molar-refractivity contribution in [2.45, 2.75) is 91.4 Å². The summed E-state index contributed by atoms with van der Waals surface area (Å²) in [6.45, 7) is 8.15. The van der Waals surface area contributed by atoms with Crippen molar-refractivity contribution in [1.82, 2.24) is 0 Å². The van der Waals surface area contributed by atoms with Crippen molar-refractivity contribution in [2.24, 2.45) is 5.92 Å². The van der Waals surface area contributed by atoms with E-state index >= 15 is 0 Å². The van der Waals surface area contributed by atoms with Gasteiger partial charge in [0.15, 0.2) is 0 Å². The largest absolute Gasteiger partial charge is 0.494 e. The molecule has 1 atom stereocenters. The smallest absolute Gasteiger partial charge is 0.343 e. The third-order valence-electron chi connectivity index (χ3n) is 6.20. The number of carbonyl (C=O) groups excluding carboxylic acids is 1. The summed E-state index contributed by atoms with van der Waals surface area (Å²) < 4.78 is 17.1. The lowest BCUT2D eigenvalue weighted by atomic mass is 10.0. The predicted octanol–water partition coefficient (Wildman–Crippen LogP) is 8.63. The van der Waals surface area contributed by atoms with Crippen LogP contribution in [0.3, 0.4) is 0 Å². The van der Waals surface area contributed by atoms with Crippen LogP contribution in [0.1, 0.15) is 102 Å². The standard InChI is InChI=1S/C30H44O4/c1-4-6-7-8-9-10-11-12-23-32-27-17-15-26(16-18-27)30(31)34-29-21-19-28(20-22-29)33-24-13-14-25(3)5-2/h15-22,25H,4-14,23-24H2,1-3H3. The Morgan fingerprint density at radius 3 is 1.76 bits per heavy atom. The Morgan fingerprint density at radius 1 is 0.676 bits per heavy atom. The normalized spacial score (nSPS) is 11.7. The Labute approximate surface area is 207 Å². The fraction of sp³-hybridized carbons (Fsp3) is 0.567. The van der Waals surface area contributed by atoms with E-state index in [0.29, 0.717) is 24.5 Å². The van der Waals surface area contributed by atoms with Crippen LogP contribution >= 0.6 is 0 Å². The minimum atomic E-state index is -0.378. The van der Waals surface area contributed by atoms with E-state index in [4.69, 9.17) is 14.2 Å². The Hall–Kier alpha value is -2.49. The Morgan fingerprint density at radius 2 is 1.18 bits per heavy atom. The minimum Gasteiger partial charge on any atom is -0.494 e. The summed E-state index contributed by atoms with van der Waals surface area (Å²) in [5.41, 5.74) is 0.504. The van der Waals surface area contributed by atoms with Gasteiger partial charge in [-0.05, 0) is 73.7 Å². The zero-order valence-electron chi connectivity index (χ0n) is 21.5. The van der Waals surface area contributed by atoms with Crippen LogP contribution in [-0.4, -0.2) is 19.2 Å². The molecule has 0 fully saturated rings. The van der Waals surface area contributed by atoms with Crippen LogP contribution in [0.25, 0.3) is 0 Å². The van der Waals surface area contributed by atoms with Gasteiger partial charge >= 0.3 is 5.97 Å². The zero-order valence-corrected chi connectivity index (χ0v) is 21.5. The lowest BCUT2D eigenvalue weighted by Crippen LogP contribution is -2.08. The Balaban J connectivity index is 1.64. The SMILES string of the molecule is CCCCCCCCCCOc1ccc(C(=O)Oc2ccc(OCCCC(C)CC)cc2)cc1. The molecule has 0 heterocycles. The lowest BCUT2D eigenvalue weighted by molar-refractivity contribution is 0.0734. The number of ether oxygens (including phenoxy) is 3. The molecular weight excluding hydrogens is 424 g/mol. The molecule has 0 aliphatic carbocycles. The fourth-order valence-electron chi connectivity index (χ4n) is 3.71. The zero-order chi connectivity index (χ0) is 24.4. The molecule has 4 heteroatoms. The van der Waals surface area contributed by atoms with Gasteiger partial charge in [-0.25, -0.2) is 4.79 Å². The van der Waals surface area contributed by atoms with Gasteiger partial charge in [-0.15, -0.1) is 0 Å². The second-order valence-electron chi connectivity index (χ2n) is 9.21. The highest BCUT2D eigenvalue weighted by Crippen LogP contribution is 2.20. The number of unbranched alkanes of at least 4 members (excludes halogenated alkanes) is 7. The average Bonchev–Trinajstić information content (AvgIpc) is 2.86. The summed E-state index contributed by atoms with van der Waals surface area (Å²) >= 11 is 0. The molecule has 1 unspecified atom stereocenters. The molecule has 0 aliphatic rings. The molecule has 2 aromatic rings. The minimum absolute atomic E-state index is 0.378.